The van der Waals surface area contributed by atoms with Gasteiger partial charge in [0.25, 0.3) is 0 Å². The number of esters is 1. The second-order valence-electron chi connectivity index (χ2n) is 4.37. The summed E-state index contributed by atoms with van der Waals surface area (Å²) in [5.74, 6) is 0.754. The fourth-order valence-electron chi connectivity index (χ4n) is 1.78. The van der Waals surface area contributed by atoms with Crippen LogP contribution in [0, 0.1) is 6.92 Å². The third kappa shape index (κ3) is 5.75. The molecule has 1 aromatic rings. The van der Waals surface area contributed by atoms with E-state index < -0.39 is 0 Å². The van der Waals surface area contributed by atoms with E-state index in [2.05, 4.69) is 16.6 Å². The molecule has 19 heavy (non-hydrogen) atoms. The van der Waals surface area contributed by atoms with Crippen molar-refractivity contribution in [1.29, 1.82) is 0 Å². The highest BCUT2D eigenvalue weighted by atomic mass is 16.5. The van der Waals surface area contributed by atoms with Gasteiger partial charge < -0.3 is 9.47 Å². The van der Waals surface area contributed by atoms with E-state index >= 15 is 0 Å². The molecule has 0 N–H and O–H groups in total. The molecule has 1 rings (SSSR count). The van der Waals surface area contributed by atoms with Crippen LogP contribution in [0.15, 0.2) is 24.3 Å². The van der Waals surface area contributed by atoms with Gasteiger partial charge in [-0.2, -0.15) is 0 Å². The fraction of sp³-hybridized carbons (Fsp3) is 0.533. The number of rotatable bonds is 8. The molecule has 4 nitrogen and oxygen atoms in total. The molecule has 0 fully saturated rings. The fourth-order valence-corrected chi connectivity index (χ4v) is 1.78. The van der Waals surface area contributed by atoms with Crippen LogP contribution in [0.2, 0.25) is 0 Å². The van der Waals surface area contributed by atoms with Gasteiger partial charge in [-0.05, 0) is 25.1 Å². The summed E-state index contributed by atoms with van der Waals surface area (Å²) in [4.78, 5) is 13.3. The Bertz CT molecular complexity index is 393. The maximum atomic E-state index is 11.1. The van der Waals surface area contributed by atoms with Crippen molar-refractivity contribution >= 4 is 5.97 Å². The first-order valence-corrected chi connectivity index (χ1v) is 6.65. The van der Waals surface area contributed by atoms with Gasteiger partial charge in [-0.1, -0.05) is 25.1 Å². The molecular weight excluding hydrogens is 242 g/mol. The summed E-state index contributed by atoms with van der Waals surface area (Å²) in [5, 5.41) is 0. The molecular formula is C15H23NO3. The first kappa shape index (κ1) is 15.5. The zero-order chi connectivity index (χ0) is 14.1. The molecule has 4 heteroatoms. The van der Waals surface area contributed by atoms with Gasteiger partial charge in [0.15, 0.2) is 0 Å². The van der Waals surface area contributed by atoms with E-state index in [4.69, 9.17) is 4.74 Å². The number of benzene rings is 1. The Morgan fingerprint density at radius 1 is 1.26 bits per heavy atom. The molecule has 0 bridgehead atoms. The standard InChI is InChI=1S/C15H23NO3/c1-4-16(10-9-15(17)18-3)11-12-19-14-8-6-5-7-13(14)2/h5-8H,4,9-12H2,1-3H3. The molecule has 0 amide bonds. The van der Waals surface area contributed by atoms with Gasteiger partial charge in [0.2, 0.25) is 0 Å². The summed E-state index contributed by atoms with van der Waals surface area (Å²) in [5.41, 5.74) is 1.14. The van der Waals surface area contributed by atoms with Crippen LogP contribution in [0.4, 0.5) is 0 Å². The average Bonchev–Trinajstić information content (AvgIpc) is 2.44. The second-order valence-corrected chi connectivity index (χ2v) is 4.37. The lowest BCUT2D eigenvalue weighted by molar-refractivity contribution is -0.141. The zero-order valence-corrected chi connectivity index (χ0v) is 12.0. The van der Waals surface area contributed by atoms with Crippen LogP contribution in [0.5, 0.6) is 5.75 Å². The van der Waals surface area contributed by atoms with Crippen molar-refractivity contribution in [3.8, 4) is 5.75 Å². The van der Waals surface area contributed by atoms with Gasteiger partial charge in [0.1, 0.15) is 12.4 Å². The van der Waals surface area contributed by atoms with Crippen molar-refractivity contribution in [3.05, 3.63) is 29.8 Å². The molecule has 0 atom stereocenters. The van der Waals surface area contributed by atoms with Crippen molar-refractivity contribution in [1.82, 2.24) is 4.90 Å². The van der Waals surface area contributed by atoms with E-state index in [1.807, 2.05) is 31.2 Å². The molecule has 0 aliphatic carbocycles. The normalized spacial score (nSPS) is 10.5. The van der Waals surface area contributed by atoms with E-state index in [-0.39, 0.29) is 5.97 Å². The molecule has 106 valence electrons. The van der Waals surface area contributed by atoms with Crippen molar-refractivity contribution in [2.75, 3.05) is 33.4 Å². The molecule has 0 saturated heterocycles. The quantitative estimate of drug-likeness (QED) is 0.676. The van der Waals surface area contributed by atoms with Gasteiger partial charge in [-0.3, -0.25) is 9.69 Å². The summed E-state index contributed by atoms with van der Waals surface area (Å²) in [6.07, 6.45) is 0.425. The van der Waals surface area contributed by atoms with Crippen molar-refractivity contribution in [3.63, 3.8) is 0 Å². The monoisotopic (exact) mass is 265 g/mol. The summed E-state index contributed by atoms with van der Waals surface area (Å²) < 4.78 is 10.4. The number of carbonyl (C=O) groups is 1. The van der Waals surface area contributed by atoms with Crippen LogP contribution in [-0.4, -0.2) is 44.2 Å². The summed E-state index contributed by atoms with van der Waals surface area (Å²) in [6.45, 7) is 7.14. The lowest BCUT2D eigenvalue weighted by atomic mass is 10.2. The SMILES string of the molecule is CCN(CCOc1ccccc1C)CCC(=O)OC. The van der Waals surface area contributed by atoms with E-state index in [0.29, 0.717) is 19.6 Å². The second kappa shape index (κ2) is 8.53. The van der Waals surface area contributed by atoms with Crippen LogP contribution in [0.3, 0.4) is 0 Å². The molecule has 1 aromatic carbocycles. The van der Waals surface area contributed by atoms with Crippen LogP contribution < -0.4 is 4.74 Å². The maximum Gasteiger partial charge on any atom is 0.306 e. The van der Waals surface area contributed by atoms with Gasteiger partial charge >= 0.3 is 5.97 Å². The Balaban J connectivity index is 2.30. The Morgan fingerprint density at radius 2 is 2.00 bits per heavy atom. The van der Waals surface area contributed by atoms with Crippen molar-refractivity contribution in [2.24, 2.45) is 0 Å². The number of carbonyl (C=O) groups excluding carboxylic acids is 1. The Kier molecular flexibility index (Phi) is 6.97. The van der Waals surface area contributed by atoms with Crippen LogP contribution in [-0.2, 0) is 9.53 Å². The third-order valence-corrected chi connectivity index (χ3v) is 3.07. The number of ether oxygens (including phenoxy) is 2. The largest absolute Gasteiger partial charge is 0.492 e. The number of para-hydroxylation sites is 1. The number of aryl methyl sites for hydroxylation is 1. The van der Waals surface area contributed by atoms with Gasteiger partial charge in [0, 0.05) is 13.1 Å². The lowest BCUT2D eigenvalue weighted by Gasteiger charge is -2.20. The highest BCUT2D eigenvalue weighted by Gasteiger charge is 2.07. The van der Waals surface area contributed by atoms with Crippen molar-refractivity contribution in [2.45, 2.75) is 20.3 Å². The molecule has 0 heterocycles. The number of nitrogens with zero attached hydrogens (tertiary/aromatic N) is 1. The first-order chi connectivity index (χ1) is 9.17. The highest BCUT2D eigenvalue weighted by molar-refractivity contribution is 5.69. The predicted molar refractivity (Wildman–Crippen MR) is 75.4 cm³/mol. The number of hydrogen-bond acceptors (Lipinski definition) is 4. The van der Waals surface area contributed by atoms with E-state index in [9.17, 15) is 4.79 Å². The molecule has 0 saturated carbocycles. The number of methoxy groups -OCH3 is 1. The predicted octanol–water partition coefficient (Wildman–Crippen LogP) is 2.26. The topological polar surface area (TPSA) is 38.8 Å². The maximum absolute atomic E-state index is 11.1. The first-order valence-electron chi connectivity index (χ1n) is 6.65. The smallest absolute Gasteiger partial charge is 0.306 e. The lowest BCUT2D eigenvalue weighted by Crippen LogP contribution is -2.30. The highest BCUT2D eigenvalue weighted by Crippen LogP contribution is 2.15. The molecule has 0 radical (unpaired) electrons. The van der Waals surface area contributed by atoms with Crippen LogP contribution in [0.1, 0.15) is 18.9 Å². The molecule has 0 spiro atoms. The van der Waals surface area contributed by atoms with Gasteiger partial charge in [0.05, 0.1) is 13.5 Å². The summed E-state index contributed by atoms with van der Waals surface area (Å²) in [6, 6.07) is 7.97. The molecule has 0 aromatic heterocycles. The van der Waals surface area contributed by atoms with Gasteiger partial charge in [-0.25, -0.2) is 0 Å². The molecule has 0 unspecified atom stereocenters. The van der Waals surface area contributed by atoms with Crippen LogP contribution >= 0.6 is 0 Å². The van der Waals surface area contributed by atoms with E-state index in [1.165, 1.54) is 7.11 Å². The third-order valence-electron chi connectivity index (χ3n) is 3.07. The van der Waals surface area contributed by atoms with Gasteiger partial charge in [-0.15, -0.1) is 0 Å². The average molecular weight is 265 g/mol. The molecule has 0 aliphatic heterocycles. The Morgan fingerprint density at radius 3 is 2.63 bits per heavy atom. The van der Waals surface area contributed by atoms with Crippen molar-refractivity contribution < 1.29 is 14.3 Å². The Labute approximate surface area is 115 Å². The minimum atomic E-state index is -0.168. The molecule has 0 aliphatic rings. The number of hydrogen-bond donors (Lipinski definition) is 0. The number of likely N-dealkylation sites (N-methyl/N-ethyl adjacent to an activating group) is 1. The minimum Gasteiger partial charge on any atom is -0.492 e. The minimum absolute atomic E-state index is 0.168. The Hall–Kier alpha value is -1.55. The zero-order valence-electron chi connectivity index (χ0n) is 12.0. The summed E-state index contributed by atoms with van der Waals surface area (Å²) in [7, 11) is 1.42. The van der Waals surface area contributed by atoms with Crippen LogP contribution in [0.25, 0.3) is 0 Å². The van der Waals surface area contributed by atoms with E-state index in [0.717, 1.165) is 24.4 Å². The van der Waals surface area contributed by atoms with E-state index in [1.54, 1.807) is 0 Å². The summed E-state index contributed by atoms with van der Waals surface area (Å²) >= 11 is 0.